The first-order valence-corrected chi connectivity index (χ1v) is 6.56. The normalized spacial score (nSPS) is 13.1. The summed E-state index contributed by atoms with van der Waals surface area (Å²) < 4.78 is 7.11. The summed E-state index contributed by atoms with van der Waals surface area (Å²) in [5.41, 5.74) is 1.79. The predicted octanol–water partition coefficient (Wildman–Crippen LogP) is 3.24. The second-order valence-electron chi connectivity index (χ2n) is 4.42. The van der Waals surface area contributed by atoms with Crippen molar-refractivity contribution < 1.29 is 4.74 Å². The van der Waals surface area contributed by atoms with Crippen LogP contribution >= 0.6 is 11.6 Å². The van der Waals surface area contributed by atoms with Gasteiger partial charge in [0.2, 0.25) is 0 Å². The first kappa shape index (κ1) is 13.3. The van der Waals surface area contributed by atoms with Crippen molar-refractivity contribution in [3.05, 3.63) is 23.2 Å². The highest BCUT2D eigenvalue weighted by atomic mass is 35.5. The molecule has 4 nitrogen and oxygen atoms in total. The number of ether oxygens (including phenoxy) is 1. The SMILES string of the molecule is CCC(C)c1nc(Cl)c2c(ccn2CCOC)n1. The summed E-state index contributed by atoms with van der Waals surface area (Å²) in [4.78, 5) is 8.98. The molecule has 0 bridgehead atoms. The van der Waals surface area contributed by atoms with Gasteiger partial charge in [-0.15, -0.1) is 0 Å². The number of hydrogen-bond donors (Lipinski definition) is 0. The largest absolute Gasteiger partial charge is 0.383 e. The lowest BCUT2D eigenvalue weighted by Crippen LogP contribution is -2.05. The Morgan fingerprint density at radius 1 is 1.44 bits per heavy atom. The van der Waals surface area contributed by atoms with E-state index in [-0.39, 0.29) is 0 Å². The average molecular weight is 268 g/mol. The molecule has 2 heterocycles. The number of rotatable bonds is 5. The molecule has 98 valence electrons. The maximum absolute atomic E-state index is 6.28. The Bertz CT molecular complexity index is 538. The van der Waals surface area contributed by atoms with Gasteiger partial charge < -0.3 is 9.30 Å². The van der Waals surface area contributed by atoms with Crippen LogP contribution in [0.5, 0.6) is 0 Å². The molecule has 2 aromatic rings. The molecule has 1 unspecified atom stereocenters. The van der Waals surface area contributed by atoms with E-state index < -0.39 is 0 Å². The minimum absolute atomic E-state index is 0.328. The van der Waals surface area contributed by atoms with Crippen molar-refractivity contribution in [1.29, 1.82) is 0 Å². The van der Waals surface area contributed by atoms with E-state index in [1.54, 1.807) is 7.11 Å². The summed E-state index contributed by atoms with van der Waals surface area (Å²) in [5.74, 6) is 1.15. The fraction of sp³-hybridized carbons (Fsp3) is 0.538. The zero-order valence-corrected chi connectivity index (χ0v) is 11.7. The number of hydrogen-bond acceptors (Lipinski definition) is 3. The summed E-state index contributed by atoms with van der Waals surface area (Å²) in [6, 6.07) is 1.98. The van der Waals surface area contributed by atoms with Crippen molar-refractivity contribution in [2.75, 3.05) is 13.7 Å². The zero-order valence-electron chi connectivity index (χ0n) is 11.0. The van der Waals surface area contributed by atoms with Crippen LogP contribution in [0, 0.1) is 0 Å². The molecule has 0 aromatic carbocycles. The van der Waals surface area contributed by atoms with Gasteiger partial charge in [-0.05, 0) is 12.5 Å². The Balaban J connectivity index is 2.43. The van der Waals surface area contributed by atoms with E-state index in [4.69, 9.17) is 16.3 Å². The van der Waals surface area contributed by atoms with E-state index in [1.165, 1.54) is 0 Å². The fourth-order valence-electron chi connectivity index (χ4n) is 1.86. The van der Waals surface area contributed by atoms with Crippen LogP contribution < -0.4 is 0 Å². The molecule has 18 heavy (non-hydrogen) atoms. The van der Waals surface area contributed by atoms with Gasteiger partial charge in [-0.2, -0.15) is 0 Å². The van der Waals surface area contributed by atoms with Crippen molar-refractivity contribution in [3.63, 3.8) is 0 Å². The quantitative estimate of drug-likeness (QED) is 0.781. The topological polar surface area (TPSA) is 39.9 Å². The van der Waals surface area contributed by atoms with Gasteiger partial charge in [0.05, 0.1) is 12.1 Å². The molecule has 5 heteroatoms. The molecule has 1 atom stereocenters. The highest BCUT2D eigenvalue weighted by Gasteiger charge is 2.13. The maximum Gasteiger partial charge on any atom is 0.157 e. The minimum atomic E-state index is 0.328. The van der Waals surface area contributed by atoms with Crippen molar-refractivity contribution in [3.8, 4) is 0 Å². The first-order chi connectivity index (χ1) is 8.67. The molecule has 0 aliphatic rings. The lowest BCUT2D eigenvalue weighted by atomic mass is 10.1. The Kier molecular flexibility index (Phi) is 4.19. The van der Waals surface area contributed by atoms with E-state index in [0.717, 1.165) is 29.8 Å². The fourth-order valence-corrected chi connectivity index (χ4v) is 2.15. The van der Waals surface area contributed by atoms with Crippen LogP contribution in [0.25, 0.3) is 11.0 Å². The number of nitrogens with zero attached hydrogens (tertiary/aromatic N) is 3. The van der Waals surface area contributed by atoms with E-state index in [0.29, 0.717) is 17.7 Å². The monoisotopic (exact) mass is 267 g/mol. The van der Waals surface area contributed by atoms with Gasteiger partial charge in [0.1, 0.15) is 11.3 Å². The second-order valence-corrected chi connectivity index (χ2v) is 4.78. The zero-order chi connectivity index (χ0) is 13.1. The van der Waals surface area contributed by atoms with Gasteiger partial charge in [-0.3, -0.25) is 0 Å². The molecule has 0 radical (unpaired) electrons. The van der Waals surface area contributed by atoms with Gasteiger partial charge in [0, 0.05) is 25.8 Å². The summed E-state index contributed by atoms with van der Waals surface area (Å²) in [6.45, 7) is 5.63. The molecule has 2 rings (SSSR count). The standard InChI is InChI=1S/C13H18ClN3O/c1-4-9(2)13-15-10-5-6-17(7-8-18-3)11(10)12(14)16-13/h5-6,9H,4,7-8H2,1-3H3. The molecular weight excluding hydrogens is 250 g/mol. The number of fused-ring (bicyclic) bond motifs is 1. The van der Waals surface area contributed by atoms with Crippen LogP contribution in [0.2, 0.25) is 5.15 Å². The van der Waals surface area contributed by atoms with E-state index in [2.05, 4.69) is 23.8 Å². The predicted molar refractivity (Wildman–Crippen MR) is 73.1 cm³/mol. The molecular formula is C13H18ClN3O. The third-order valence-corrected chi connectivity index (χ3v) is 3.44. The van der Waals surface area contributed by atoms with Crippen LogP contribution in [0.15, 0.2) is 12.3 Å². The molecule has 0 N–H and O–H groups in total. The second kappa shape index (κ2) is 5.67. The van der Waals surface area contributed by atoms with E-state index in [9.17, 15) is 0 Å². The summed E-state index contributed by atoms with van der Waals surface area (Å²) in [5, 5.41) is 0.524. The molecule has 0 saturated heterocycles. The smallest absolute Gasteiger partial charge is 0.157 e. The van der Waals surface area contributed by atoms with Crippen LogP contribution in [0.4, 0.5) is 0 Å². The van der Waals surface area contributed by atoms with E-state index >= 15 is 0 Å². The Hall–Kier alpha value is -1.13. The average Bonchev–Trinajstić information content (AvgIpc) is 2.78. The summed E-state index contributed by atoms with van der Waals surface area (Å²) >= 11 is 6.28. The van der Waals surface area contributed by atoms with Crippen molar-refractivity contribution in [1.82, 2.24) is 14.5 Å². The summed E-state index contributed by atoms with van der Waals surface area (Å²) in [7, 11) is 1.69. The molecule has 2 aromatic heterocycles. The van der Waals surface area contributed by atoms with E-state index in [1.807, 2.05) is 16.8 Å². The van der Waals surface area contributed by atoms with Crippen molar-refractivity contribution in [2.24, 2.45) is 0 Å². The molecule has 0 aliphatic heterocycles. The highest BCUT2D eigenvalue weighted by Crippen LogP contribution is 2.25. The van der Waals surface area contributed by atoms with Gasteiger partial charge >= 0.3 is 0 Å². The molecule has 0 saturated carbocycles. The third-order valence-electron chi connectivity index (χ3n) is 3.17. The number of halogens is 1. The molecule has 0 spiro atoms. The lowest BCUT2D eigenvalue weighted by Gasteiger charge is -2.09. The van der Waals surface area contributed by atoms with Crippen LogP contribution in [0.1, 0.15) is 32.0 Å². The first-order valence-electron chi connectivity index (χ1n) is 6.18. The molecule has 0 amide bonds. The minimum Gasteiger partial charge on any atom is -0.383 e. The van der Waals surface area contributed by atoms with Crippen LogP contribution in [0.3, 0.4) is 0 Å². The number of aromatic nitrogens is 3. The van der Waals surface area contributed by atoms with Gasteiger partial charge in [0.15, 0.2) is 5.15 Å². The van der Waals surface area contributed by atoms with Gasteiger partial charge in [-0.25, -0.2) is 9.97 Å². The van der Waals surface area contributed by atoms with Gasteiger partial charge in [-0.1, -0.05) is 25.4 Å². The number of methoxy groups -OCH3 is 1. The summed E-state index contributed by atoms with van der Waals surface area (Å²) in [6.07, 6.45) is 2.98. The van der Waals surface area contributed by atoms with Crippen molar-refractivity contribution >= 4 is 22.6 Å². The Morgan fingerprint density at radius 2 is 2.22 bits per heavy atom. The molecule has 0 fully saturated rings. The van der Waals surface area contributed by atoms with Crippen LogP contribution in [-0.4, -0.2) is 28.3 Å². The third kappa shape index (κ3) is 2.49. The van der Waals surface area contributed by atoms with Crippen LogP contribution in [-0.2, 0) is 11.3 Å². The lowest BCUT2D eigenvalue weighted by molar-refractivity contribution is 0.188. The van der Waals surface area contributed by atoms with Crippen molar-refractivity contribution in [2.45, 2.75) is 32.7 Å². The Labute approximate surface area is 112 Å². The maximum atomic E-state index is 6.28. The van der Waals surface area contributed by atoms with Gasteiger partial charge in [0.25, 0.3) is 0 Å². The Morgan fingerprint density at radius 3 is 2.89 bits per heavy atom. The highest BCUT2D eigenvalue weighted by molar-refractivity contribution is 6.33. The molecule has 0 aliphatic carbocycles.